The Morgan fingerprint density at radius 3 is 2.38 bits per heavy atom. The predicted molar refractivity (Wildman–Crippen MR) is 44.6 cm³/mol. The zero-order valence-corrected chi connectivity index (χ0v) is 7.88. The van der Waals surface area contributed by atoms with Gasteiger partial charge in [0.1, 0.15) is 5.60 Å². The second-order valence-electron chi connectivity index (χ2n) is 2.70. The molecule has 1 unspecified atom stereocenters. The summed E-state index contributed by atoms with van der Waals surface area (Å²) in [6.45, 7) is 3.00. The molecule has 0 aliphatic rings. The lowest BCUT2D eigenvalue weighted by molar-refractivity contribution is -0.139. The summed E-state index contributed by atoms with van der Waals surface area (Å²) in [4.78, 5) is 21.6. The molecule has 0 radical (unpaired) electrons. The van der Waals surface area contributed by atoms with Crippen molar-refractivity contribution in [2.75, 3.05) is 7.11 Å². The van der Waals surface area contributed by atoms with Gasteiger partial charge in [-0.05, 0) is 13.3 Å². The number of rotatable bonds is 2. The van der Waals surface area contributed by atoms with Crippen LogP contribution in [0.5, 0.6) is 0 Å². The van der Waals surface area contributed by atoms with E-state index >= 15 is 0 Å². The molecule has 3 N–H and O–H groups in total. The fourth-order valence-corrected chi connectivity index (χ4v) is 0.454. The second kappa shape index (κ2) is 4.66. The number of carbonyl (C=O) groups is 2. The summed E-state index contributed by atoms with van der Waals surface area (Å²) >= 11 is 0. The Balaban J connectivity index is 3.95. The highest BCUT2D eigenvalue weighted by Crippen LogP contribution is 2.06. The Morgan fingerprint density at radius 2 is 2.00 bits per heavy atom. The van der Waals surface area contributed by atoms with Gasteiger partial charge in [-0.1, -0.05) is 6.92 Å². The smallest absolute Gasteiger partial charge is 0.425 e. The molecule has 0 bridgehead atoms. The first kappa shape index (κ1) is 11.7. The maximum atomic E-state index is 11.1. The Kier molecular flexibility index (Phi) is 4.19. The number of methoxy groups -OCH3 is 1. The molecule has 0 aliphatic heterocycles. The molecular weight excluding hydrogens is 176 g/mol. The molecule has 0 rings (SSSR count). The van der Waals surface area contributed by atoms with E-state index in [-0.39, 0.29) is 6.42 Å². The zero-order chi connectivity index (χ0) is 10.5. The minimum absolute atomic E-state index is 0.252. The molecule has 0 saturated heterocycles. The minimum Gasteiger partial charge on any atom is -0.452 e. The third kappa shape index (κ3) is 3.75. The van der Waals surface area contributed by atoms with Crippen LogP contribution in [0.3, 0.4) is 0 Å². The molecule has 0 aromatic rings. The quantitative estimate of drug-likeness (QED) is 0.514. The van der Waals surface area contributed by atoms with Gasteiger partial charge in [0.15, 0.2) is 0 Å². The third-order valence-corrected chi connectivity index (χ3v) is 1.64. The number of amides is 2. The van der Waals surface area contributed by atoms with Crippen LogP contribution >= 0.6 is 0 Å². The van der Waals surface area contributed by atoms with Gasteiger partial charge in [0, 0.05) is 0 Å². The summed E-state index contributed by atoms with van der Waals surface area (Å²) in [6, 6.07) is 0. The minimum atomic E-state index is -1.49. The predicted octanol–water partition coefficient (Wildman–Crippen LogP) is -0.465. The van der Waals surface area contributed by atoms with E-state index < -0.39 is 17.6 Å². The van der Waals surface area contributed by atoms with E-state index in [1.807, 2.05) is 10.9 Å². The van der Waals surface area contributed by atoms with Crippen molar-refractivity contribution in [3.63, 3.8) is 0 Å². The van der Waals surface area contributed by atoms with Crippen molar-refractivity contribution in [1.29, 1.82) is 0 Å². The van der Waals surface area contributed by atoms with Crippen LogP contribution in [0.25, 0.3) is 0 Å². The van der Waals surface area contributed by atoms with E-state index in [0.29, 0.717) is 0 Å². The Bertz CT molecular complexity index is 203. The molecule has 0 fully saturated rings. The van der Waals surface area contributed by atoms with E-state index in [4.69, 9.17) is 0 Å². The summed E-state index contributed by atoms with van der Waals surface area (Å²) in [5.41, 5.74) is 2.48. The topological polar surface area (TPSA) is 87.7 Å². The highest BCUT2D eigenvalue weighted by molar-refractivity contribution is 5.85. The Morgan fingerprint density at radius 1 is 1.46 bits per heavy atom. The normalized spacial score (nSPS) is 14.2. The van der Waals surface area contributed by atoms with Crippen LogP contribution in [0, 0.1) is 0 Å². The Hall–Kier alpha value is -1.30. The maximum absolute atomic E-state index is 11.1. The molecule has 76 valence electrons. The summed E-state index contributed by atoms with van der Waals surface area (Å²) < 4.78 is 4.20. The van der Waals surface area contributed by atoms with Gasteiger partial charge in [0.05, 0.1) is 7.11 Å². The van der Waals surface area contributed by atoms with Gasteiger partial charge in [0.25, 0.3) is 5.91 Å². The second-order valence-corrected chi connectivity index (χ2v) is 2.70. The number of hydrazine groups is 1. The molecule has 1 atom stereocenters. The van der Waals surface area contributed by atoms with E-state index in [0.717, 1.165) is 0 Å². The molecule has 6 heteroatoms. The fourth-order valence-electron chi connectivity index (χ4n) is 0.454. The number of ether oxygens (including phenoxy) is 1. The molecular formula is C7H14N2O4. The Labute approximate surface area is 76.2 Å². The summed E-state index contributed by atoms with van der Waals surface area (Å²) in [7, 11) is 1.17. The molecule has 6 nitrogen and oxygen atoms in total. The fraction of sp³-hybridized carbons (Fsp3) is 0.714. The SMILES string of the molecule is CCC(C)(O)C(=O)NNC(=O)OC. The molecule has 0 aromatic carbocycles. The van der Waals surface area contributed by atoms with Crippen LogP contribution in [0.2, 0.25) is 0 Å². The molecule has 13 heavy (non-hydrogen) atoms. The lowest BCUT2D eigenvalue weighted by Gasteiger charge is -2.19. The number of aliphatic hydroxyl groups is 1. The lowest BCUT2D eigenvalue weighted by atomic mass is 10.0. The van der Waals surface area contributed by atoms with Crippen molar-refractivity contribution in [3.05, 3.63) is 0 Å². The van der Waals surface area contributed by atoms with Gasteiger partial charge in [-0.25, -0.2) is 10.2 Å². The first-order valence-electron chi connectivity index (χ1n) is 3.80. The summed E-state index contributed by atoms with van der Waals surface area (Å²) in [5, 5.41) is 9.37. The average molecular weight is 190 g/mol. The van der Waals surface area contributed by atoms with Crippen LogP contribution < -0.4 is 10.9 Å². The molecule has 0 aromatic heterocycles. The van der Waals surface area contributed by atoms with Crippen LogP contribution in [-0.2, 0) is 9.53 Å². The van der Waals surface area contributed by atoms with Crippen molar-refractivity contribution >= 4 is 12.0 Å². The van der Waals surface area contributed by atoms with Gasteiger partial charge in [-0.3, -0.25) is 10.2 Å². The molecule has 0 spiro atoms. The monoisotopic (exact) mass is 190 g/mol. The maximum Gasteiger partial charge on any atom is 0.425 e. The molecule has 0 heterocycles. The van der Waals surface area contributed by atoms with E-state index in [1.54, 1.807) is 6.92 Å². The first-order chi connectivity index (χ1) is 5.94. The number of carbonyl (C=O) groups excluding carboxylic acids is 2. The standard InChI is InChI=1S/C7H14N2O4/c1-4-7(2,12)5(10)8-9-6(11)13-3/h12H,4H2,1-3H3,(H,8,10)(H,9,11). The summed E-state index contributed by atoms with van der Waals surface area (Å²) in [6.07, 6.45) is -0.540. The van der Waals surface area contributed by atoms with Crippen molar-refractivity contribution in [2.45, 2.75) is 25.9 Å². The first-order valence-corrected chi connectivity index (χ1v) is 3.80. The van der Waals surface area contributed by atoms with Crippen molar-refractivity contribution in [2.24, 2.45) is 0 Å². The van der Waals surface area contributed by atoms with Gasteiger partial charge >= 0.3 is 6.09 Å². The van der Waals surface area contributed by atoms with Gasteiger partial charge in [-0.15, -0.1) is 0 Å². The van der Waals surface area contributed by atoms with Crippen molar-refractivity contribution in [1.82, 2.24) is 10.9 Å². The van der Waals surface area contributed by atoms with Crippen molar-refractivity contribution < 1.29 is 19.4 Å². The zero-order valence-electron chi connectivity index (χ0n) is 7.88. The van der Waals surface area contributed by atoms with Crippen LogP contribution in [0.15, 0.2) is 0 Å². The number of hydrogen-bond acceptors (Lipinski definition) is 4. The number of hydrogen-bond donors (Lipinski definition) is 3. The third-order valence-electron chi connectivity index (χ3n) is 1.64. The highest BCUT2D eigenvalue weighted by atomic mass is 16.5. The van der Waals surface area contributed by atoms with Gasteiger partial charge < -0.3 is 9.84 Å². The van der Waals surface area contributed by atoms with E-state index in [9.17, 15) is 14.7 Å². The molecule has 0 saturated carbocycles. The highest BCUT2D eigenvalue weighted by Gasteiger charge is 2.27. The van der Waals surface area contributed by atoms with E-state index in [1.165, 1.54) is 14.0 Å². The molecule has 2 amide bonds. The summed E-state index contributed by atoms with van der Waals surface area (Å²) in [5.74, 6) is -0.680. The largest absolute Gasteiger partial charge is 0.452 e. The van der Waals surface area contributed by atoms with E-state index in [2.05, 4.69) is 4.74 Å². The molecule has 0 aliphatic carbocycles. The van der Waals surface area contributed by atoms with Crippen molar-refractivity contribution in [3.8, 4) is 0 Å². The average Bonchev–Trinajstić information content (AvgIpc) is 2.13. The number of nitrogens with one attached hydrogen (secondary N) is 2. The van der Waals surface area contributed by atoms with Crippen LogP contribution in [-0.4, -0.2) is 29.8 Å². The van der Waals surface area contributed by atoms with Gasteiger partial charge in [-0.2, -0.15) is 0 Å². The lowest BCUT2D eigenvalue weighted by Crippen LogP contribution is -2.51. The van der Waals surface area contributed by atoms with Crippen LogP contribution in [0.1, 0.15) is 20.3 Å². The van der Waals surface area contributed by atoms with Gasteiger partial charge in [0.2, 0.25) is 0 Å². The van der Waals surface area contributed by atoms with Crippen LogP contribution in [0.4, 0.5) is 4.79 Å².